The number of hydrogen-bond donors (Lipinski definition) is 4. The quantitative estimate of drug-likeness (QED) is 0.414. The number of phenolic OH excluding ortho intramolecular Hbond substituents is 1. The van der Waals surface area contributed by atoms with Gasteiger partial charge in [-0.2, -0.15) is 0 Å². The van der Waals surface area contributed by atoms with Crippen LogP contribution in [0.15, 0.2) is 36.5 Å². The molecule has 0 aliphatic heterocycles. The molecule has 4 rings (SSSR count). The van der Waals surface area contributed by atoms with Gasteiger partial charge in [-0.15, -0.1) is 0 Å². The van der Waals surface area contributed by atoms with Crippen molar-refractivity contribution in [3.63, 3.8) is 0 Å². The highest BCUT2D eigenvalue weighted by molar-refractivity contribution is 6.31. The van der Waals surface area contributed by atoms with Crippen LogP contribution in [0.2, 0.25) is 5.02 Å². The SMILES string of the molecule is CC(C)(CO)NCc1cc(Nc2ccnc3cc(Cl)ccc23)c2c(c1O)CCCC2. The van der Waals surface area contributed by atoms with Gasteiger partial charge < -0.3 is 20.8 Å². The predicted octanol–water partition coefficient (Wildman–Crippen LogP) is 5.08. The molecule has 0 saturated carbocycles. The van der Waals surface area contributed by atoms with Crippen molar-refractivity contribution in [2.24, 2.45) is 0 Å². The second-order valence-electron chi connectivity index (χ2n) is 8.64. The smallest absolute Gasteiger partial charge is 0.123 e. The topological polar surface area (TPSA) is 77.4 Å². The number of halogens is 1. The lowest BCUT2D eigenvalue weighted by Gasteiger charge is -2.27. The molecule has 158 valence electrons. The minimum atomic E-state index is -0.420. The van der Waals surface area contributed by atoms with Crippen LogP contribution in [0.25, 0.3) is 10.9 Å². The first-order valence-electron chi connectivity index (χ1n) is 10.4. The lowest BCUT2D eigenvalue weighted by Crippen LogP contribution is -2.42. The van der Waals surface area contributed by atoms with E-state index in [-0.39, 0.29) is 6.61 Å². The molecule has 3 aromatic rings. The first kappa shape index (κ1) is 20.9. The number of aliphatic hydroxyl groups is 1. The number of fused-ring (bicyclic) bond motifs is 2. The summed E-state index contributed by atoms with van der Waals surface area (Å²) in [6.07, 6.45) is 5.79. The molecule has 1 heterocycles. The van der Waals surface area contributed by atoms with E-state index in [9.17, 15) is 10.2 Å². The molecule has 1 aliphatic carbocycles. The van der Waals surface area contributed by atoms with Crippen LogP contribution in [0.1, 0.15) is 43.4 Å². The van der Waals surface area contributed by atoms with Gasteiger partial charge in [0.2, 0.25) is 0 Å². The highest BCUT2D eigenvalue weighted by atomic mass is 35.5. The van der Waals surface area contributed by atoms with Gasteiger partial charge in [0, 0.05) is 45.6 Å². The fourth-order valence-electron chi connectivity index (χ4n) is 4.00. The number of pyridine rings is 1. The van der Waals surface area contributed by atoms with Crippen LogP contribution in [0.3, 0.4) is 0 Å². The summed E-state index contributed by atoms with van der Waals surface area (Å²) in [4.78, 5) is 4.43. The van der Waals surface area contributed by atoms with Gasteiger partial charge >= 0.3 is 0 Å². The summed E-state index contributed by atoms with van der Waals surface area (Å²) in [7, 11) is 0. The Hall–Kier alpha value is -2.34. The van der Waals surface area contributed by atoms with Crippen LogP contribution in [-0.4, -0.2) is 27.3 Å². The Kier molecular flexibility index (Phi) is 5.87. The van der Waals surface area contributed by atoms with Crippen molar-refractivity contribution in [2.75, 3.05) is 11.9 Å². The van der Waals surface area contributed by atoms with Crippen molar-refractivity contribution in [3.8, 4) is 5.75 Å². The fourth-order valence-corrected chi connectivity index (χ4v) is 4.17. The number of nitrogens with zero attached hydrogens (tertiary/aromatic N) is 1. The summed E-state index contributed by atoms with van der Waals surface area (Å²) in [5.74, 6) is 0.378. The number of aromatic hydroxyl groups is 1. The Labute approximate surface area is 182 Å². The molecule has 0 saturated heterocycles. The second kappa shape index (κ2) is 8.42. The maximum absolute atomic E-state index is 10.9. The summed E-state index contributed by atoms with van der Waals surface area (Å²) in [5.41, 5.74) is 5.45. The van der Waals surface area contributed by atoms with E-state index in [1.54, 1.807) is 6.20 Å². The van der Waals surface area contributed by atoms with Crippen LogP contribution >= 0.6 is 11.6 Å². The molecule has 1 aromatic heterocycles. The molecule has 0 radical (unpaired) electrons. The van der Waals surface area contributed by atoms with Gasteiger partial charge in [0.05, 0.1) is 12.1 Å². The Morgan fingerprint density at radius 2 is 1.83 bits per heavy atom. The zero-order valence-corrected chi connectivity index (χ0v) is 18.2. The monoisotopic (exact) mass is 425 g/mol. The molecule has 2 aromatic carbocycles. The molecule has 1 aliphatic rings. The highest BCUT2D eigenvalue weighted by Gasteiger charge is 2.22. The van der Waals surface area contributed by atoms with Gasteiger partial charge in [0.15, 0.2) is 0 Å². The number of nitrogens with one attached hydrogen (secondary N) is 2. The van der Waals surface area contributed by atoms with E-state index in [2.05, 4.69) is 15.6 Å². The van der Waals surface area contributed by atoms with E-state index < -0.39 is 5.54 Å². The zero-order valence-electron chi connectivity index (χ0n) is 17.4. The molecule has 4 N–H and O–H groups in total. The molecule has 0 atom stereocenters. The highest BCUT2D eigenvalue weighted by Crippen LogP contribution is 2.39. The van der Waals surface area contributed by atoms with Crippen LogP contribution in [0, 0.1) is 0 Å². The number of phenols is 1. The minimum Gasteiger partial charge on any atom is -0.507 e. The molecule has 0 bridgehead atoms. The standard InChI is InChI=1S/C24H28ClN3O2/c1-24(2,14-29)27-13-15-11-22(17-5-3-4-6-18(17)23(15)30)28-20-9-10-26-21-12-16(25)7-8-19(20)21/h7-12,27,29-30H,3-6,13-14H2,1-2H3,(H,26,28). The van der Waals surface area contributed by atoms with E-state index in [1.165, 1.54) is 5.56 Å². The normalized spacial score (nSPS) is 14.0. The minimum absolute atomic E-state index is 0.0232. The lowest BCUT2D eigenvalue weighted by atomic mass is 9.87. The molecular formula is C24H28ClN3O2. The van der Waals surface area contributed by atoms with Gasteiger partial charge in [-0.25, -0.2) is 0 Å². The average molecular weight is 426 g/mol. The largest absolute Gasteiger partial charge is 0.507 e. The van der Waals surface area contributed by atoms with Gasteiger partial charge in [-0.3, -0.25) is 4.98 Å². The van der Waals surface area contributed by atoms with E-state index >= 15 is 0 Å². The molecule has 0 amide bonds. The molecule has 0 fully saturated rings. The number of aromatic nitrogens is 1. The molecule has 0 spiro atoms. The Balaban J connectivity index is 1.75. The van der Waals surface area contributed by atoms with Crippen molar-refractivity contribution >= 4 is 33.9 Å². The van der Waals surface area contributed by atoms with Crippen LogP contribution in [-0.2, 0) is 19.4 Å². The summed E-state index contributed by atoms with van der Waals surface area (Å²) in [5, 5.41) is 29.1. The van der Waals surface area contributed by atoms with Gasteiger partial charge in [0.1, 0.15) is 5.75 Å². The lowest BCUT2D eigenvalue weighted by molar-refractivity contribution is 0.187. The van der Waals surface area contributed by atoms with Gasteiger partial charge in [-0.1, -0.05) is 11.6 Å². The van der Waals surface area contributed by atoms with Gasteiger partial charge in [0.25, 0.3) is 0 Å². The average Bonchev–Trinajstić information content (AvgIpc) is 2.75. The van der Waals surface area contributed by atoms with E-state index in [4.69, 9.17) is 11.6 Å². The van der Waals surface area contributed by atoms with Crippen molar-refractivity contribution in [1.82, 2.24) is 10.3 Å². The molecule has 6 heteroatoms. The third-order valence-electron chi connectivity index (χ3n) is 5.83. The van der Waals surface area contributed by atoms with E-state index in [0.717, 1.165) is 59.1 Å². The summed E-state index contributed by atoms with van der Waals surface area (Å²) >= 11 is 6.13. The summed E-state index contributed by atoms with van der Waals surface area (Å²) in [6.45, 7) is 4.38. The van der Waals surface area contributed by atoms with E-state index in [1.807, 2.05) is 44.2 Å². The number of benzene rings is 2. The Bertz CT molecular complexity index is 1080. The molecular weight excluding hydrogens is 398 g/mol. The van der Waals surface area contributed by atoms with Crippen molar-refractivity contribution < 1.29 is 10.2 Å². The van der Waals surface area contributed by atoms with Crippen molar-refractivity contribution in [3.05, 3.63) is 58.2 Å². The molecule has 30 heavy (non-hydrogen) atoms. The zero-order chi connectivity index (χ0) is 21.3. The number of anilines is 2. The number of rotatable bonds is 6. The fraction of sp³-hybridized carbons (Fsp3) is 0.375. The Morgan fingerprint density at radius 3 is 2.60 bits per heavy atom. The van der Waals surface area contributed by atoms with Crippen LogP contribution in [0.5, 0.6) is 5.75 Å². The van der Waals surface area contributed by atoms with Crippen molar-refractivity contribution in [2.45, 2.75) is 51.6 Å². The van der Waals surface area contributed by atoms with Gasteiger partial charge in [-0.05, 0) is 81.0 Å². The summed E-state index contributed by atoms with van der Waals surface area (Å²) in [6, 6.07) is 9.70. The maximum atomic E-state index is 10.9. The third kappa shape index (κ3) is 4.24. The molecule has 0 unspecified atom stereocenters. The first-order valence-corrected chi connectivity index (χ1v) is 10.8. The Morgan fingerprint density at radius 1 is 1.07 bits per heavy atom. The second-order valence-corrected chi connectivity index (χ2v) is 9.07. The molecule has 5 nitrogen and oxygen atoms in total. The predicted molar refractivity (Wildman–Crippen MR) is 123 cm³/mol. The first-order chi connectivity index (χ1) is 14.4. The number of aliphatic hydroxyl groups excluding tert-OH is 1. The maximum Gasteiger partial charge on any atom is 0.123 e. The van der Waals surface area contributed by atoms with E-state index in [0.29, 0.717) is 17.3 Å². The summed E-state index contributed by atoms with van der Waals surface area (Å²) < 4.78 is 0. The third-order valence-corrected chi connectivity index (χ3v) is 6.06. The van der Waals surface area contributed by atoms with Crippen LogP contribution in [0.4, 0.5) is 11.4 Å². The number of hydrogen-bond acceptors (Lipinski definition) is 5. The van der Waals surface area contributed by atoms with Crippen molar-refractivity contribution in [1.29, 1.82) is 0 Å². The van der Waals surface area contributed by atoms with Crippen LogP contribution < -0.4 is 10.6 Å².